The Morgan fingerprint density at radius 1 is 1.21 bits per heavy atom. The number of nitrogens with zero attached hydrogens (tertiary/aromatic N) is 3. The van der Waals surface area contributed by atoms with Gasteiger partial charge in [-0.2, -0.15) is 4.98 Å². The summed E-state index contributed by atoms with van der Waals surface area (Å²) in [5, 5.41) is 11.6. The van der Waals surface area contributed by atoms with Crippen LogP contribution >= 0.6 is 11.3 Å². The van der Waals surface area contributed by atoms with Crippen molar-refractivity contribution in [2.45, 2.75) is 13.8 Å². The minimum absolute atomic E-state index is 0.113. The van der Waals surface area contributed by atoms with E-state index in [9.17, 15) is 9.59 Å². The van der Waals surface area contributed by atoms with E-state index in [4.69, 9.17) is 0 Å². The second-order valence-electron chi connectivity index (χ2n) is 5.00. The van der Waals surface area contributed by atoms with E-state index in [1.54, 1.807) is 17.5 Å². The predicted molar refractivity (Wildman–Crippen MR) is 94.0 cm³/mol. The van der Waals surface area contributed by atoms with Crippen LogP contribution in [0.25, 0.3) is 16.2 Å². The van der Waals surface area contributed by atoms with Crippen molar-refractivity contribution < 1.29 is 9.59 Å². The highest BCUT2D eigenvalue weighted by Crippen LogP contribution is 2.27. The summed E-state index contributed by atoms with van der Waals surface area (Å²) in [6.07, 6.45) is 3.06. The van der Waals surface area contributed by atoms with Crippen molar-refractivity contribution in [3.63, 3.8) is 0 Å². The largest absolute Gasteiger partial charge is 0.326 e. The van der Waals surface area contributed by atoms with Crippen LogP contribution in [0.5, 0.6) is 0 Å². The summed E-state index contributed by atoms with van der Waals surface area (Å²) in [5.74, 6) is -0.114. The Bertz CT molecular complexity index is 924. The molecule has 0 bridgehead atoms. The first kappa shape index (κ1) is 15.9. The number of carbonyl (C=O) groups is 2. The molecule has 1 aromatic carbocycles. The zero-order valence-corrected chi connectivity index (χ0v) is 13.9. The molecule has 8 heteroatoms. The number of fused-ring (bicyclic) bond motifs is 1. The summed E-state index contributed by atoms with van der Waals surface area (Å²) < 4.78 is 1.68. The van der Waals surface area contributed by atoms with Gasteiger partial charge in [0.15, 0.2) is 0 Å². The Kier molecular flexibility index (Phi) is 4.39. The molecule has 7 nitrogen and oxygen atoms in total. The number of anilines is 2. The number of hydrogen-bond donors (Lipinski definition) is 2. The minimum atomic E-state index is -0.267. The third kappa shape index (κ3) is 3.33. The summed E-state index contributed by atoms with van der Waals surface area (Å²) in [7, 11) is 0. The van der Waals surface area contributed by atoms with Gasteiger partial charge in [-0.15, -0.1) is 16.4 Å². The molecule has 2 amide bonds. The van der Waals surface area contributed by atoms with Crippen LogP contribution in [0.4, 0.5) is 11.6 Å². The van der Waals surface area contributed by atoms with Crippen molar-refractivity contribution in [2.24, 2.45) is 0 Å². The van der Waals surface area contributed by atoms with Gasteiger partial charge >= 0.3 is 0 Å². The second-order valence-corrected chi connectivity index (χ2v) is 5.84. The van der Waals surface area contributed by atoms with Crippen LogP contribution in [0.2, 0.25) is 0 Å². The Morgan fingerprint density at radius 3 is 2.62 bits per heavy atom. The van der Waals surface area contributed by atoms with E-state index in [2.05, 4.69) is 20.7 Å². The van der Waals surface area contributed by atoms with E-state index in [-0.39, 0.29) is 17.8 Å². The summed E-state index contributed by atoms with van der Waals surface area (Å²) in [6, 6.07) is 7.44. The first-order chi connectivity index (χ1) is 11.6. The summed E-state index contributed by atoms with van der Waals surface area (Å²) in [6.45, 7) is 3.23. The number of thiazole rings is 1. The monoisotopic (exact) mass is 341 g/mol. The van der Waals surface area contributed by atoms with E-state index >= 15 is 0 Å². The third-order valence-corrected chi connectivity index (χ3v) is 3.95. The van der Waals surface area contributed by atoms with Gasteiger partial charge in [0, 0.05) is 23.6 Å². The standard InChI is InChI=1S/C16H15N5O2S/c1-3-4-14(23)18-15-19-16-21(20-15)13(9-24-16)11-5-7-12(8-6-11)17-10(2)22/h3-9H,1-2H3,(H,17,22)(H,18,20,23)/b4-3+. The van der Waals surface area contributed by atoms with E-state index in [0.29, 0.717) is 4.96 Å². The maximum absolute atomic E-state index is 11.6. The van der Waals surface area contributed by atoms with Crippen LogP contribution in [0.15, 0.2) is 41.8 Å². The quantitative estimate of drug-likeness (QED) is 0.714. The van der Waals surface area contributed by atoms with Crippen molar-refractivity contribution >= 4 is 39.7 Å². The summed E-state index contributed by atoms with van der Waals surface area (Å²) >= 11 is 1.44. The highest BCUT2D eigenvalue weighted by atomic mass is 32.1. The SMILES string of the molecule is C/C=C/C(=O)Nc1nc2scc(-c3ccc(NC(C)=O)cc3)n2n1. The van der Waals surface area contributed by atoms with Gasteiger partial charge in [-0.05, 0) is 25.1 Å². The van der Waals surface area contributed by atoms with Gasteiger partial charge in [-0.25, -0.2) is 4.52 Å². The second kappa shape index (κ2) is 6.63. The molecule has 2 heterocycles. The van der Waals surface area contributed by atoms with Crippen molar-refractivity contribution in [2.75, 3.05) is 10.6 Å². The van der Waals surface area contributed by atoms with Gasteiger partial charge in [-0.1, -0.05) is 18.2 Å². The van der Waals surface area contributed by atoms with Crippen LogP contribution in [0.3, 0.4) is 0 Å². The normalized spacial score (nSPS) is 11.1. The Balaban J connectivity index is 1.88. The molecule has 2 N–H and O–H groups in total. The molecule has 0 saturated heterocycles. The van der Waals surface area contributed by atoms with E-state index in [1.165, 1.54) is 24.3 Å². The molecule has 0 aliphatic carbocycles. The Hall–Kier alpha value is -3.00. The lowest BCUT2D eigenvalue weighted by atomic mass is 10.1. The maximum Gasteiger partial charge on any atom is 0.250 e. The van der Waals surface area contributed by atoms with Crippen LogP contribution in [-0.2, 0) is 9.59 Å². The molecule has 0 radical (unpaired) electrons. The molecule has 0 saturated carbocycles. The third-order valence-electron chi connectivity index (χ3n) is 3.14. The lowest BCUT2D eigenvalue weighted by Gasteiger charge is -2.03. The fourth-order valence-corrected chi connectivity index (χ4v) is 2.99. The molecule has 0 atom stereocenters. The zero-order valence-electron chi connectivity index (χ0n) is 13.1. The van der Waals surface area contributed by atoms with Gasteiger partial charge in [0.25, 0.3) is 5.95 Å². The number of rotatable bonds is 4. The number of amides is 2. The van der Waals surface area contributed by atoms with Crippen molar-refractivity contribution in [3.8, 4) is 11.3 Å². The number of allylic oxidation sites excluding steroid dienone is 1. The zero-order chi connectivity index (χ0) is 17.1. The molecule has 0 aliphatic rings. The molecular weight excluding hydrogens is 326 g/mol. The van der Waals surface area contributed by atoms with Gasteiger partial charge in [0.05, 0.1) is 5.69 Å². The van der Waals surface area contributed by atoms with E-state index in [1.807, 2.05) is 29.6 Å². The summed E-state index contributed by atoms with van der Waals surface area (Å²) in [4.78, 5) is 27.6. The smallest absolute Gasteiger partial charge is 0.250 e. The molecule has 3 rings (SSSR count). The predicted octanol–water partition coefficient (Wildman–Crippen LogP) is 2.93. The molecule has 24 heavy (non-hydrogen) atoms. The molecule has 0 aliphatic heterocycles. The summed E-state index contributed by atoms with van der Waals surface area (Å²) in [5.41, 5.74) is 2.53. The van der Waals surface area contributed by atoms with Crippen LogP contribution in [0.1, 0.15) is 13.8 Å². The molecule has 2 aromatic heterocycles. The molecule has 122 valence electrons. The highest BCUT2D eigenvalue weighted by Gasteiger charge is 2.12. The molecular formula is C16H15N5O2S. The highest BCUT2D eigenvalue weighted by molar-refractivity contribution is 7.15. The average Bonchev–Trinajstić information content (AvgIpc) is 3.07. The molecule has 0 unspecified atom stereocenters. The first-order valence-electron chi connectivity index (χ1n) is 7.23. The fourth-order valence-electron chi connectivity index (χ4n) is 2.16. The fraction of sp³-hybridized carbons (Fsp3) is 0.125. The molecule has 3 aromatic rings. The van der Waals surface area contributed by atoms with Crippen LogP contribution < -0.4 is 10.6 Å². The molecule has 0 fully saturated rings. The lowest BCUT2D eigenvalue weighted by Crippen LogP contribution is -2.09. The van der Waals surface area contributed by atoms with Gasteiger partial charge in [0.2, 0.25) is 16.8 Å². The first-order valence-corrected chi connectivity index (χ1v) is 8.11. The van der Waals surface area contributed by atoms with Crippen LogP contribution in [-0.4, -0.2) is 26.4 Å². The lowest BCUT2D eigenvalue weighted by molar-refractivity contribution is -0.114. The number of carbonyl (C=O) groups excluding carboxylic acids is 2. The number of aromatic nitrogens is 3. The number of benzene rings is 1. The van der Waals surface area contributed by atoms with E-state index in [0.717, 1.165) is 16.9 Å². The van der Waals surface area contributed by atoms with Crippen molar-refractivity contribution in [1.29, 1.82) is 0 Å². The van der Waals surface area contributed by atoms with Gasteiger partial charge in [-0.3, -0.25) is 14.9 Å². The maximum atomic E-state index is 11.6. The topological polar surface area (TPSA) is 88.4 Å². The Labute approximate surface area is 142 Å². The minimum Gasteiger partial charge on any atom is -0.326 e. The van der Waals surface area contributed by atoms with Gasteiger partial charge in [0.1, 0.15) is 0 Å². The molecule has 0 spiro atoms. The van der Waals surface area contributed by atoms with Crippen molar-refractivity contribution in [1.82, 2.24) is 14.6 Å². The van der Waals surface area contributed by atoms with E-state index < -0.39 is 0 Å². The Morgan fingerprint density at radius 2 is 1.96 bits per heavy atom. The number of hydrogen-bond acceptors (Lipinski definition) is 5. The van der Waals surface area contributed by atoms with Gasteiger partial charge < -0.3 is 5.32 Å². The van der Waals surface area contributed by atoms with Crippen molar-refractivity contribution in [3.05, 3.63) is 41.8 Å². The average molecular weight is 341 g/mol. The number of nitrogens with one attached hydrogen (secondary N) is 2. The van der Waals surface area contributed by atoms with Crippen LogP contribution in [0, 0.1) is 0 Å².